The number of carbonyl (C=O) groups is 2. The lowest BCUT2D eigenvalue weighted by Gasteiger charge is -2.29. The van der Waals surface area contributed by atoms with Gasteiger partial charge in [-0.2, -0.15) is 0 Å². The van der Waals surface area contributed by atoms with Crippen molar-refractivity contribution in [3.63, 3.8) is 0 Å². The van der Waals surface area contributed by atoms with Crippen LogP contribution < -0.4 is 0 Å². The van der Waals surface area contributed by atoms with Crippen molar-refractivity contribution in [2.45, 2.75) is 33.6 Å². The van der Waals surface area contributed by atoms with E-state index in [9.17, 15) is 9.59 Å². The summed E-state index contributed by atoms with van der Waals surface area (Å²) in [5.74, 6) is -1.06. The summed E-state index contributed by atoms with van der Waals surface area (Å²) in [5, 5.41) is 0. The third-order valence-electron chi connectivity index (χ3n) is 4.25. The summed E-state index contributed by atoms with van der Waals surface area (Å²) in [6.07, 6.45) is 5.47. The fourth-order valence-electron chi connectivity index (χ4n) is 3.06. The predicted molar refractivity (Wildman–Crippen MR) is 91.7 cm³/mol. The lowest BCUT2D eigenvalue weighted by atomic mass is 9.75. The molecule has 1 aliphatic rings. The van der Waals surface area contributed by atoms with E-state index in [-0.39, 0.29) is 17.7 Å². The fourth-order valence-corrected chi connectivity index (χ4v) is 3.06. The Kier molecular flexibility index (Phi) is 5.91. The van der Waals surface area contributed by atoms with E-state index in [0.29, 0.717) is 13.0 Å². The summed E-state index contributed by atoms with van der Waals surface area (Å²) >= 11 is 0. The van der Waals surface area contributed by atoms with Crippen LogP contribution in [0.4, 0.5) is 0 Å². The Balaban J connectivity index is 2.40. The minimum Gasteiger partial charge on any atom is -0.466 e. The van der Waals surface area contributed by atoms with Crippen LogP contribution in [0.5, 0.6) is 0 Å². The number of ether oxygens (including phenoxy) is 1. The van der Waals surface area contributed by atoms with Crippen LogP contribution in [0, 0.1) is 11.8 Å². The molecule has 0 bridgehead atoms. The Morgan fingerprint density at radius 3 is 2.48 bits per heavy atom. The van der Waals surface area contributed by atoms with Crippen molar-refractivity contribution in [2.75, 3.05) is 6.61 Å². The highest BCUT2D eigenvalue weighted by molar-refractivity contribution is 5.88. The average molecular weight is 312 g/mol. The number of Topliss-reactive ketones (excluding diaryl/α,β-unsaturated/α-hetero) is 1. The van der Waals surface area contributed by atoms with Gasteiger partial charge in [-0.25, -0.2) is 0 Å². The van der Waals surface area contributed by atoms with Crippen molar-refractivity contribution in [1.82, 2.24) is 0 Å². The monoisotopic (exact) mass is 312 g/mol. The Morgan fingerprint density at radius 2 is 1.91 bits per heavy atom. The Labute approximate surface area is 138 Å². The molecule has 1 aliphatic carbocycles. The van der Waals surface area contributed by atoms with Crippen molar-refractivity contribution in [3.8, 4) is 0 Å². The molecule has 0 amide bonds. The van der Waals surface area contributed by atoms with Gasteiger partial charge in [0.25, 0.3) is 0 Å². The number of carbonyl (C=O) groups excluding carboxylic acids is 2. The zero-order valence-corrected chi connectivity index (χ0v) is 14.0. The summed E-state index contributed by atoms with van der Waals surface area (Å²) in [5.41, 5.74) is 3.37. The molecule has 122 valence electrons. The van der Waals surface area contributed by atoms with Gasteiger partial charge < -0.3 is 4.74 Å². The maximum absolute atomic E-state index is 12.3. The second-order valence-corrected chi connectivity index (χ2v) is 5.82. The van der Waals surface area contributed by atoms with Gasteiger partial charge in [-0.1, -0.05) is 49.4 Å². The molecule has 1 aromatic carbocycles. The van der Waals surface area contributed by atoms with E-state index < -0.39 is 5.92 Å². The third-order valence-corrected chi connectivity index (χ3v) is 4.25. The molecule has 0 aromatic heterocycles. The van der Waals surface area contributed by atoms with E-state index in [1.165, 1.54) is 0 Å². The molecule has 0 N–H and O–H groups in total. The number of benzene rings is 1. The van der Waals surface area contributed by atoms with E-state index in [1.54, 1.807) is 13.8 Å². The van der Waals surface area contributed by atoms with E-state index in [1.807, 2.05) is 36.4 Å². The lowest BCUT2D eigenvalue weighted by molar-refractivity contribution is -0.151. The number of allylic oxidation sites excluding steroid dienone is 3. The van der Waals surface area contributed by atoms with Crippen molar-refractivity contribution in [3.05, 3.63) is 53.1 Å². The number of ketones is 1. The number of hydrogen-bond donors (Lipinski definition) is 0. The largest absolute Gasteiger partial charge is 0.466 e. The van der Waals surface area contributed by atoms with Gasteiger partial charge in [0, 0.05) is 5.92 Å². The van der Waals surface area contributed by atoms with E-state index >= 15 is 0 Å². The maximum Gasteiger partial charge on any atom is 0.310 e. The highest BCUT2D eigenvalue weighted by atomic mass is 16.5. The van der Waals surface area contributed by atoms with Crippen LogP contribution in [0.15, 0.2) is 47.6 Å². The van der Waals surface area contributed by atoms with Gasteiger partial charge in [-0.05, 0) is 43.4 Å². The van der Waals surface area contributed by atoms with Crippen LogP contribution in [0.1, 0.15) is 39.2 Å². The third kappa shape index (κ3) is 4.19. The van der Waals surface area contributed by atoms with Crippen LogP contribution in [-0.4, -0.2) is 18.4 Å². The first-order valence-electron chi connectivity index (χ1n) is 8.20. The summed E-state index contributed by atoms with van der Waals surface area (Å²) in [6.45, 7) is 5.75. The van der Waals surface area contributed by atoms with Crippen LogP contribution >= 0.6 is 0 Å². The molecule has 0 radical (unpaired) electrons. The highest BCUT2D eigenvalue weighted by Crippen LogP contribution is 2.36. The van der Waals surface area contributed by atoms with Gasteiger partial charge in [0.05, 0.1) is 12.5 Å². The standard InChI is InChI=1S/C20H24O3/c1-4-16-12-18(14(3)21)19(20(22)23-5-2)13-17(16)11-15-9-7-6-8-10-15/h6-12,18-19H,4-5,13H2,1-3H3/b17-11-. The van der Waals surface area contributed by atoms with E-state index in [4.69, 9.17) is 4.74 Å². The van der Waals surface area contributed by atoms with Crippen molar-refractivity contribution in [2.24, 2.45) is 11.8 Å². The number of esters is 1. The van der Waals surface area contributed by atoms with Gasteiger partial charge in [-0.15, -0.1) is 0 Å². The summed E-state index contributed by atoms with van der Waals surface area (Å²) in [4.78, 5) is 24.2. The molecule has 3 nitrogen and oxygen atoms in total. The van der Waals surface area contributed by atoms with E-state index in [2.05, 4.69) is 13.0 Å². The van der Waals surface area contributed by atoms with Crippen LogP contribution in [-0.2, 0) is 14.3 Å². The molecule has 0 heterocycles. The second kappa shape index (κ2) is 7.91. The minimum atomic E-state index is -0.419. The molecule has 0 fully saturated rings. The molecule has 0 saturated heterocycles. The molecule has 0 aliphatic heterocycles. The quantitative estimate of drug-likeness (QED) is 0.766. The maximum atomic E-state index is 12.3. The average Bonchev–Trinajstić information content (AvgIpc) is 2.55. The zero-order valence-electron chi connectivity index (χ0n) is 14.0. The Morgan fingerprint density at radius 1 is 1.22 bits per heavy atom. The molecular weight excluding hydrogens is 288 g/mol. The van der Waals surface area contributed by atoms with Crippen molar-refractivity contribution < 1.29 is 14.3 Å². The minimum absolute atomic E-state index is 0.0211. The first-order chi connectivity index (χ1) is 11.1. The van der Waals surface area contributed by atoms with Gasteiger partial charge in [0.2, 0.25) is 0 Å². The molecular formula is C20H24O3. The predicted octanol–water partition coefficient (Wildman–Crippen LogP) is 4.19. The normalized spacial score (nSPS) is 22.6. The smallest absolute Gasteiger partial charge is 0.310 e. The molecule has 1 aromatic rings. The fraction of sp³-hybridized carbons (Fsp3) is 0.400. The summed E-state index contributed by atoms with van der Waals surface area (Å²) in [7, 11) is 0. The zero-order chi connectivity index (χ0) is 16.8. The first kappa shape index (κ1) is 17.2. The van der Waals surface area contributed by atoms with Gasteiger partial charge in [-0.3, -0.25) is 9.59 Å². The van der Waals surface area contributed by atoms with E-state index in [0.717, 1.165) is 23.1 Å². The molecule has 3 heteroatoms. The molecule has 2 rings (SSSR count). The molecule has 2 unspecified atom stereocenters. The Hall–Kier alpha value is -2.16. The van der Waals surface area contributed by atoms with Crippen molar-refractivity contribution >= 4 is 17.8 Å². The lowest BCUT2D eigenvalue weighted by Crippen LogP contribution is -2.32. The molecule has 0 spiro atoms. The van der Waals surface area contributed by atoms with Gasteiger partial charge in [0.15, 0.2) is 0 Å². The molecule has 23 heavy (non-hydrogen) atoms. The number of rotatable bonds is 5. The van der Waals surface area contributed by atoms with Crippen LogP contribution in [0.3, 0.4) is 0 Å². The van der Waals surface area contributed by atoms with Gasteiger partial charge in [0.1, 0.15) is 5.78 Å². The molecule has 0 saturated carbocycles. The topological polar surface area (TPSA) is 43.4 Å². The first-order valence-corrected chi connectivity index (χ1v) is 8.20. The second-order valence-electron chi connectivity index (χ2n) is 5.82. The van der Waals surface area contributed by atoms with Crippen molar-refractivity contribution in [1.29, 1.82) is 0 Å². The Bertz CT molecular complexity index is 626. The van der Waals surface area contributed by atoms with Crippen LogP contribution in [0.25, 0.3) is 6.08 Å². The molecule has 2 atom stereocenters. The summed E-state index contributed by atoms with van der Waals surface area (Å²) < 4.78 is 5.18. The van der Waals surface area contributed by atoms with Gasteiger partial charge >= 0.3 is 5.97 Å². The number of hydrogen-bond acceptors (Lipinski definition) is 3. The SMILES string of the molecule is CCOC(=O)C1C/C(=C/c2ccccc2)C(CC)=CC1C(C)=O. The summed E-state index contributed by atoms with van der Waals surface area (Å²) in [6, 6.07) is 10.0. The van der Waals surface area contributed by atoms with Crippen LogP contribution in [0.2, 0.25) is 0 Å². The highest BCUT2D eigenvalue weighted by Gasteiger charge is 2.35.